The summed E-state index contributed by atoms with van der Waals surface area (Å²) >= 11 is 1.25. The van der Waals surface area contributed by atoms with Gasteiger partial charge in [0.25, 0.3) is 0 Å². The maximum atomic E-state index is 12.0. The number of amides is 2. The topological polar surface area (TPSA) is 156 Å². The van der Waals surface area contributed by atoms with Crippen molar-refractivity contribution in [2.45, 2.75) is 25.5 Å². The molecule has 0 aromatic heterocycles. The van der Waals surface area contributed by atoms with E-state index in [-0.39, 0.29) is 30.7 Å². The number of nitrogens with one attached hydrogen (secondary N) is 1. The average molecular weight is 355 g/mol. The first kappa shape index (κ1) is 18.1. The van der Waals surface area contributed by atoms with E-state index < -0.39 is 23.9 Å². The van der Waals surface area contributed by atoms with Gasteiger partial charge in [0, 0.05) is 28.5 Å². The molecule has 10 nitrogen and oxygen atoms in total. The quantitative estimate of drug-likeness (QED) is 0.184. The summed E-state index contributed by atoms with van der Waals surface area (Å²) in [6, 6.07) is -0.314. The van der Waals surface area contributed by atoms with Gasteiger partial charge in [0.2, 0.25) is 11.8 Å². The number of hydrogen-bond acceptors (Lipinski definition) is 6. The van der Waals surface area contributed by atoms with E-state index in [1.807, 2.05) is 0 Å². The molecule has 130 valence electrons. The van der Waals surface area contributed by atoms with Crippen LogP contribution < -0.4 is 5.32 Å². The number of carbonyl (C=O) groups excluding carboxylic acids is 2. The van der Waals surface area contributed by atoms with Crippen LogP contribution in [0.4, 0.5) is 0 Å². The van der Waals surface area contributed by atoms with Crippen molar-refractivity contribution in [3.8, 4) is 0 Å². The van der Waals surface area contributed by atoms with Gasteiger partial charge in [0.1, 0.15) is 12.2 Å². The van der Waals surface area contributed by atoms with Crippen LogP contribution in [0.1, 0.15) is 13.3 Å². The lowest BCUT2D eigenvalue weighted by Crippen LogP contribution is -2.61. The summed E-state index contributed by atoms with van der Waals surface area (Å²) in [6.07, 6.45) is -0.432. The third-order valence-corrected chi connectivity index (χ3v) is 4.99. The van der Waals surface area contributed by atoms with Crippen molar-refractivity contribution in [3.05, 3.63) is 21.0 Å². The molecule has 1 fully saturated rings. The van der Waals surface area contributed by atoms with Gasteiger partial charge < -0.3 is 20.4 Å². The predicted octanol–water partition coefficient (Wildman–Crippen LogP) is 0.0538. The van der Waals surface area contributed by atoms with Crippen LogP contribution in [0.25, 0.3) is 10.4 Å². The molecule has 24 heavy (non-hydrogen) atoms. The van der Waals surface area contributed by atoms with Crippen LogP contribution in [-0.2, 0) is 14.4 Å². The van der Waals surface area contributed by atoms with E-state index in [4.69, 9.17) is 5.53 Å². The predicted molar refractivity (Wildman–Crippen MR) is 84.6 cm³/mol. The van der Waals surface area contributed by atoms with Crippen LogP contribution in [0.2, 0.25) is 0 Å². The molecule has 2 aliphatic rings. The number of thioether (sulfide) groups is 1. The minimum Gasteiger partial charge on any atom is -0.477 e. The number of rotatable bonds is 8. The van der Waals surface area contributed by atoms with Crippen molar-refractivity contribution < 1.29 is 24.6 Å². The molecular formula is C13H17N5O5S. The Morgan fingerprint density at radius 2 is 2.29 bits per heavy atom. The number of aliphatic carboxylic acids is 1. The first-order valence-corrected chi connectivity index (χ1v) is 8.25. The van der Waals surface area contributed by atoms with E-state index in [0.717, 1.165) is 0 Å². The van der Waals surface area contributed by atoms with Crippen molar-refractivity contribution >= 4 is 29.5 Å². The number of carbonyl (C=O) groups is 3. The molecule has 0 unspecified atom stereocenters. The first-order valence-electron chi connectivity index (χ1n) is 7.26. The van der Waals surface area contributed by atoms with Crippen LogP contribution in [0.5, 0.6) is 0 Å². The molecule has 2 heterocycles. The van der Waals surface area contributed by atoms with E-state index in [0.29, 0.717) is 17.1 Å². The number of carboxylic acids is 1. The van der Waals surface area contributed by atoms with Crippen molar-refractivity contribution in [2.75, 3.05) is 18.8 Å². The Bertz CT molecular complexity index is 643. The second-order valence-corrected chi connectivity index (χ2v) is 6.60. The zero-order valence-corrected chi connectivity index (χ0v) is 13.7. The fourth-order valence-electron chi connectivity index (χ4n) is 2.88. The maximum absolute atomic E-state index is 12.0. The van der Waals surface area contributed by atoms with Crippen molar-refractivity contribution in [2.24, 2.45) is 11.0 Å². The molecule has 0 saturated carbocycles. The Morgan fingerprint density at radius 3 is 2.88 bits per heavy atom. The number of hydrogen-bond donors (Lipinski definition) is 3. The zero-order valence-electron chi connectivity index (χ0n) is 12.9. The smallest absolute Gasteiger partial charge is 0.353 e. The molecule has 2 rings (SSSR count). The summed E-state index contributed by atoms with van der Waals surface area (Å²) < 4.78 is 0. The van der Waals surface area contributed by atoms with E-state index >= 15 is 0 Å². The molecule has 0 radical (unpaired) electrons. The van der Waals surface area contributed by atoms with E-state index in [2.05, 4.69) is 15.3 Å². The van der Waals surface area contributed by atoms with E-state index in [1.165, 1.54) is 23.6 Å². The summed E-state index contributed by atoms with van der Waals surface area (Å²) in [4.78, 5) is 39.0. The van der Waals surface area contributed by atoms with Crippen molar-refractivity contribution in [1.29, 1.82) is 0 Å². The van der Waals surface area contributed by atoms with Gasteiger partial charge in [-0.05, 0) is 12.5 Å². The van der Waals surface area contributed by atoms with Crippen LogP contribution >= 0.6 is 11.8 Å². The van der Waals surface area contributed by atoms with E-state index in [1.54, 1.807) is 0 Å². The summed E-state index contributed by atoms with van der Waals surface area (Å²) in [5, 5.41) is 24.7. The van der Waals surface area contributed by atoms with Gasteiger partial charge in [0.15, 0.2) is 0 Å². The average Bonchev–Trinajstić information content (AvgIpc) is 2.83. The minimum atomic E-state index is -1.18. The third-order valence-electron chi connectivity index (χ3n) is 3.87. The highest BCUT2D eigenvalue weighted by Crippen LogP contribution is 2.46. The summed E-state index contributed by atoms with van der Waals surface area (Å²) in [5.74, 6) is -2.11. The highest BCUT2D eigenvalue weighted by molar-refractivity contribution is 8.03. The Hall–Kier alpha value is -2.23. The Morgan fingerprint density at radius 1 is 1.58 bits per heavy atom. The largest absolute Gasteiger partial charge is 0.477 e. The molecule has 3 atom stereocenters. The minimum absolute atomic E-state index is 0.0349. The number of aliphatic hydroxyl groups is 1. The zero-order chi connectivity index (χ0) is 17.9. The highest BCUT2D eigenvalue weighted by atomic mass is 32.2. The van der Waals surface area contributed by atoms with Gasteiger partial charge in [-0.1, -0.05) is 5.11 Å². The van der Waals surface area contributed by atoms with Crippen LogP contribution in [0.15, 0.2) is 15.7 Å². The molecule has 0 aromatic rings. The molecule has 2 amide bonds. The number of carboxylic acid groups (broad SMARTS) is 1. The SMILES string of the molecule is C[C@@H](O)[C@H]1C(=O)N2C(C(=O)O)=C(SCCNC(=O)CN=[N+]=[N-])C[C@H]12. The van der Waals surface area contributed by atoms with Crippen molar-refractivity contribution in [3.63, 3.8) is 0 Å². The fourth-order valence-corrected chi connectivity index (χ4v) is 3.94. The highest BCUT2D eigenvalue weighted by Gasteiger charge is 2.56. The van der Waals surface area contributed by atoms with Crippen LogP contribution in [0.3, 0.4) is 0 Å². The standard InChI is InChI=1S/C13H17N5O5S/c1-6(19)10-7-4-8(11(13(22)23)18(7)12(10)21)24-3-2-15-9(20)5-16-17-14/h6-7,10,19H,2-5H2,1H3,(H,15,20)(H,22,23)/t6-,7-,10-/m1/s1. The summed E-state index contributed by atoms with van der Waals surface area (Å²) in [6.45, 7) is 1.51. The number of fused-ring (bicyclic) bond motifs is 1. The Balaban J connectivity index is 1.92. The summed E-state index contributed by atoms with van der Waals surface area (Å²) in [7, 11) is 0. The Labute approximate surface area is 141 Å². The molecule has 0 aliphatic carbocycles. The van der Waals surface area contributed by atoms with E-state index in [9.17, 15) is 24.6 Å². The number of β-lactam (4-membered cyclic amide) rings is 1. The van der Waals surface area contributed by atoms with Gasteiger partial charge in [0.05, 0.1) is 18.1 Å². The lowest BCUT2D eigenvalue weighted by Gasteiger charge is -2.44. The number of azide groups is 1. The second-order valence-electron chi connectivity index (χ2n) is 5.41. The van der Waals surface area contributed by atoms with Gasteiger partial charge in [-0.15, -0.1) is 11.8 Å². The number of aliphatic hydroxyl groups excluding tert-OH is 1. The van der Waals surface area contributed by atoms with Crippen molar-refractivity contribution in [1.82, 2.24) is 10.2 Å². The van der Waals surface area contributed by atoms with Crippen LogP contribution in [-0.4, -0.2) is 63.9 Å². The third kappa shape index (κ3) is 3.48. The van der Waals surface area contributed by atoms with Crippen LogP contribution in [0, 0.1) is 5.92 Å². The molecule has 0 bridgehead atoms. The molecule has 0 aromatic carbocycles. The molecule has 0 spiro atoms. The fraction of sp³-hybridized carbons (Fsp3) is 0.615. The lowest BCUT2D eigenvalue weighted by atomic mass is 9.83. The monoisotopic (exact) mass is 355 g/mol. The molecule has 11 heteroatoms. The summed E-state index contributed by atoms with van der Waals surface area (Å²) in [5.41, 5.74) is 8.08. The molecular weight excluding hydrogens is 338 g/mol. The second kappa shape index (κ2) is 7.56. The first-order chi connectivity index (χ1) is 11.4. The lowest BCUT2D eigenvalue weighted by molar-refractivity contribution is -0.161. The normalized spacial score (nSPS) is 23.2. The van der Waals surface area contributed by atoms with Gasteiger partial charge in [-0.2, -0.15) is 0 Å². The van der Waals surface area contributed by atoms with Gasteiger partial charge in [-0.25, -0.2) is 4.79 Å². The van der Waals surface area contributed by atoms with Gasteiger partial charge in [-0.3, -0.25) is 9.59 Å². The Kier molecular flexibility index (Phi) is 5.71. The number of nitrogens with zero attached hydrogens (tertiary/aromatic N) is 4. The molecule has 1 saturated heterocycles. The van der Waals surface area contributed by atoms with Gasteiger partial charge >= 0.3 is 5.97 Å². The molecule has 2 aliphatic heterocycles. The molecule has 3 N–H and O–H groups in total. The maximum Gasteiger partial charge on any atom is 0.353 e.